The number of thioether (sulfide) groups is 1. The molecule has 0 aliphatic carbocycles. The third-order valence-electron chi connectivity index (χ3n) is 3.31. The zero-order valence-corrected chi connectivity index (χ0v) is 13.1. The normalized spacial score (nSPS) is 11.9. The Labute approximate surface area is 121 Å². The fourth-order valence-corrected chi connectivity index (χ4v) is 2.53. The van der Waals surface area contributed by atoms with Crippen molar-refractivity contribution in [2.45, 2.75) is 40.5 Å². The maximum absolute atomic E-state index is 8.60. The van der Waals surface area contributed by atoms with Crippen LogP contribution in [0.15, 0.2) is 12.1 Å². The number of nitrogens with zero attached hydrogens (tertiary/aromatic N) is 1. The van der Waals surface area contributed by atoms with Gasteiger partial charge in [0.2, 0.25) is 0 Å². The summed E-state index contributed by atoms with van der Waals surface area (Å²) in [6.45, 7) is 9.37. The van der Waals surface area contributed by atoms with Crippen LogP contribution in [0.25, 0.3) is 0 Å². The Morgan fingerprint density at radius 3 is 2.68 bits per heavy atom. The van der Waals surface area contributed by atoms with Crippen LogP contribution in [0.3, 0.4) is 0 Å². The summed E-state index contributed by atoms with van der Waals surface area (Å²) in [4.78, 5) is 0. The Bertz CT molecular complexity index is 451. The molecule has 0 saturated heterocycles. The summed E-state index contributed by atoms with van der Waals surface area (Å²) in [6.07, 6.45) is 2.05. The van der Waals surface area contributed by atoms with Crippen molar-refractivity contribution in [3.05, 3.63) is 28.8 Å². The standard InChI is InChI=1S/C16H23NOS/c1-5-8-18-16-7-6-15(13(3)14(16)4)9-12(2)10-19-11-17/h6-7,12H,5,8-10H2,1-4H3. The second-order valence-electron chi connectivity index (χ2n) is 5.03. The van der Waals surface area contributed by atoms with E-state index >= 15 is 0 Å². The first-order valence-corrected chi connectivity index (χ1v) is 7.81. The van der Waals surface area contributed by atoms with Crippen molar-refractivity contribution in [3.63, 3.8) is 0 Å². The predicted octanol–water partition coefficient (Wildman–Crippen LogP) is 4.49. The predicted molar refractivity (Wildman–Crippen MR) is 82.6 cm³/mol. The van der Waals surface area contributed by atoms with Crippen LogP contribution in [-0.4, -0.2) is 12.4 Å². The summed E-state index contributed by atoms with van der Waals surface area (Å²) in [6, 6.07) is 4.25. The molecular weight excluding hydrogens is 254 g/mol. The van der Waals surface area contributed by atoms with E-state index in [-0.39, 0.29) is 0 Å². The largest absolute Gasteiger partial charge is 0.493 e. The van der Waals surface area contributed by atoms with E-state index in [0.717, 1.165) is 31.0 Å². The van der Waals surface area contributed by atoms with E-state index in [1.165, 1.54) is 28.5 Å². The first kappa shape index (κ1) is 15.9. The topological polar surface area (TPSA) is 33.0 Å². The molecule has 104 valence electrons. The molecule has 0 aliphatic rings. The molecule has 2 nitrogen and oxygen atoms in total. The fourth-order valence-electron chi connectivity index (χ4n) is 2.06. The third kappa shape index (κ3) is 4.80. The van der Waals surface area contributed by atoms with Crippen molar-refractivity contribution < 1.29 is 4.74 Å². The van der Waals surface area contributed by atoms with Crippen LogP contribution in [0, 0.1) is 30.4 Å². The minimum atomic E-state index is 0.519. The first-order valence-electron chi connectivity index (χ1n) is 6.82. The molecule has 1 rings (SSSR count). The molecule has 0 aromatic heterocycles. The van der Waals surface area contributed by atoms with Crippen LogP contribution >= 0.6 is 11.8 Å². The van der Waals surface area contributed by atoms with Crippen molar-refractivity contribution in [1.82, 2.24) is 0 Å². The van der Waals surface area contributed by atoms with E-state index in [0.29, 0.717) is 5.92 Å². The van der Waals surface area contributed by atoms with Crippen LogP contribution in [0.2, 0.25) is 0 Å². The van der Waals surface area contributed by atoms with Crippen LogP contribution < -0.4 is 4.74 Å². The highest BCUT2D eigenvalue weighted by molar-refractivity contribution is 8.03. The molecule has 0 spiro atoms. The lowest BCUT2D eigenvalue weighted by Gasteiger charge is -2.16. The van der Waals surface area contributed by atoms with Gasteiger partial charge in [0.05, 0.1) is 6.61 Å². The highest BCUT2D eigenvalue weighted by Gasteiger charge is 2.10. The number of rotatable bonds is 7. The number of benzene rings is 1. The second kappa shape index (κ2) is 8.12. The molecule has 0 radical (unpaired) electrons. The van der Waals surface area contributed by atoms with Crippen LogP contribution in [0.4, 0.5) is 0 Å². The summed E-state index contributed by atoms with van der Waals surface area (Å²) in [7, 11) is 0. The van der Waals surface area contributed by atoms with Crippen LogP contribution in [-0.2, 0) is 6.42 Å². The molecule has 0 N–H and O–H groups in total. The maximum Gasteiger partial charge on any atom is 0.133 e. The highest BCUT2D eigenvalue weighted by atomic mass is 32.2. The minimum Gasteiger partial charge on any atom is -0.493 e. The van der Waals surface area contributed by atoms with E-state index in [2.05, 4.69) is 45.2 Å². The summed E-state index contributed by atoms with van der Waals surface area (Å²) in [5.41, 5.74) is 3.93. The van der Waals surface area contributed by atoms with Gasteiger partial charge in [-0.2, -0.15) is 5.26 Å². The summed E-state index contributed by atoms with van der Waals surface area (Å²) in [5.74, 6) is 2.41. The highest BCUT2D eigenvalue weighted by Crippen LogP contribution is 2.26. The fraction of sp³-hybridized carbons (Fsp3) is 0.562. The van der Waals surface area contributed by atoms with Gasteiger partial charge in [-0.15, -0.1) is 0 Å². The monoisotopic (exact) mass is 277 g/mol. The van der Waals surface area contributed by atoms with Crippen molar-refractivity contribution in [3.8, 4) is 11.2 Å². The van der Waals surface area contributed by atoms with Crippen molar-refractivity contribution in [2.24, 2.45) is 5.92 Å². The van der Waals surface area contributed by atoms with Gasteiger partial charge in [0.15, 0.2) is 0 Å². The van der Waals surface area contributed by atoms with Crippen LogP contribution in [0.1, 0.15) is 37.0 Å². The smallest absolute Gasteiger partial charge is 0.133 e. The SMILES string of the molecule is CCCOc1ccc(CC(C)CSC#N)c(C)c1C. The number of thiocyanates is 1. The van der Waals surface area contributed by atoms with Crippen molar-refractivity contribution in [2.75, 3.05) is 12.4 Å². The molecule has 1 unspecified atom stereocenters. The molecule has 19 heavy (non-hydrogen) atoms. The number of hydrogen-bond donors (Lipinski definition) is 0. The molecule has 0 bridgehead atoms. The van der Waals surface area contributed by atoms with Gasteiger partial charge >= 0.3 is 0 Å². The Balaban J connectivity index is 2.76. The van der Waals surface area contributed by atoms with Crippen molar-refractivity contribution >= 4 is 11.8 Å². The van der Waals surface area contributed by atoms with E-state index < -0.39 is 0 Å². The Morgan fingerprint density at radius 1 is 1.32 bits per heavy atom. The number of nitriles is 1. The number of hydrogen-bond acceptors (Lipinski definition) is 3. The van der Waals surface area contributed by atoms with Gasteiger partial charge in [0, 0.05) is 5.75 Å². The van der Waals surface area contributed by atoms with E-state index in [1.54, 1.807) is 0 Å². The van der Waals surface area contributed by atoms with Crippen molar-refractivity contribution in [1.29, 1.82) is 5.26 Å². The zero-order valence-electron chi connectivity index (χ0n) is 12.3. The molecule has 0 amide bonds. The minimum absolute atomic E-state index is 0.519. The number of ether oxygens (including phenoxy) is 1. The van der Waals surface area contributed by atoms with Gasteiger partial charge in [0.25, 0.3) is 0 Å². The Hall–Kier alpha value is -1.14. The van der Waals surface area contributed by atoms with E-state index in [4.69, 9.17) is 10.00 Å². The van der Waals surface area contributed by atoms with Gasteiger partial charge < -0.3 is 4.74 Å². The lowest BCUT2D eigenvalue weighted by molar-refractivity contribution is 0.315. The molecule has 0 saturated carbocycles. The van der Waals surface area contributed by atoms with Gasteiger partial charge in [-0.05, 0) is 67.1 Å². The quantitative estimate of drug-likeness (QED) is 0.689. The lowest BCUT2D eigenvalue weighted by atomic mass is 9.95. The zero-order chi connectivity index (χ0) is 14.3. The lowest BCUT2D eigenvalue weighted by Crippen LogP contribution is -2.06. The molecule has 1 aromatic rings. The molecule has 1 aromatic carbocycles. The molecule has 0 heterocycles. The molecule has 0 aliphatic heterocycles. The summed E-state index contributed by atoms with van der Waals surface area (Å²) < 4.78 is 5.74. The molecular formula is C16H23NOS. The Morgan fingerprint density at radius 2 is 2.05 bits per heavy atom. The third-order valence-corrected chi connectivity index (χ3v) is 4.18. The molecule has 0 fully saturated rings. The average molecular weight is 277 g/mol. The van der Waals surface area contributed by atoms with Gasteiger partial charge in [0.1, 0.15) is 11.2 Å². The Kier molecular flexibility index (Phi) is 6.80. The van der Waals surface area contributed by atoms with Crippen LogP contribution in [0.5, 0.6) is 5.75 Å². The van der Waals surface area contributed by atoms with Gasteiger partial charge in [-0.3, -0.25) is 0 Å². The summed E-state index contributed by atoms with van der Waals surface area (Å²) >= 11 is 1.34. The van der Waals surface area contributed by atoms with E-state index in [1.807, 2.05) is 0 Å². The molecule has 3 heteroatoms. The van der Waals surface area contributed by atoms with Gasteiger partial charge in [-0.1, -0.05) is 19.9 Å². The van der Waals surface area contributed by atoms with Gasteiger partial charge in [-0.25, -0.2) is 0 Å². The maximum atomic E-state index is 8.60. The van der Waals surface area contributed by atoms with E-state index in [9.17, 15) is 0 Å². The molecule has 1 atom stereocenters. The summed E-state index contributed by atoms with van der Waals surface area (Å²) in [5, 5.41) is 10.7. The average Bonchev–Trinajstić information content (AvgIpc) is 2.41. The first-order chi connectivity index (χ1) is 9.10. The second-order valence-corrected chi connectivity index (χ2v) is 5.84.